The summed E-state index contributed by atoms with van der Waals surface area (Å²) in [5.74, 6) is -1.39. The summed E-state index contributed by atoms with van der Waals surface area (Å²) in [5, 5.41) is 5.40. The molecule has 7 nitrogen and oxygen atoms in total. The first-order chi connectivity index (χ1) is 14.3. The van der Waals surface area contributed by atoms with E-state index in [1.807, 2.05) is 30.3 Å². The molecule has 2 atom stereocenters. The molecule has 3 amide bonds. The molecule has 0 aliphatic heterocycles. The van der Waals surface area contributed by atoms with Crippen LogP contribution in [0.5, 0.6) is 0 Å². The quantitative estimate of drug-likeness (QED) is 0.552. The molecule has 0 saturated heterocycles. The summed E-state index contributed by atoms with van der Waals surface area (Å²) in [6.07, 6.45) is 1.09. The summed E-state index contributed by atoms with van der Waals surface area (Å²) in [7, 11) is 0. The Morgan fingerprint density at radius 2 is 1.50 bits per heavy atom. The topological polar surface area (TPSA) is 118 Å². The average molecular weight is 409 g/mol. The Morgan fingerprint density at radius 3 is 2.03 bits per heavy atom. The van der Waals surface area contributed by atoms with Gasteiger partial charge in [-0.3, -0.25) is 19.2 Å². The molecule has 2 aromatic rings. The van der Waals surface area contributed by atoms with Gasteiger partial charge < -0.3 is 16.4 Å². The maximum Gasteiger partial charge on any atom is 0.247 e. The number of carbonyl (C=O) groups excluding carboxylic acids is 4. The molecule has 0 radical (unpaired) electrons. The monoisotopic (exact) mass is 409 g/mol. The molecule has 7 heteroatoms. The van der Waals surface area contributed by atoms with Crippen LogP contribution in [-0.4, -0.2) is 29.5 Å². The molecule has 0 aromatic heterocycles. The minimum Gasteiger partial charge on any atom is -0.370 e. The fourth-order valence-corrected chi connectivity index (χ4v) is 3.05. The van der Waals surface area contributed by atoms with Gasteiger partial charge in [0.15, 0.2) is 5.78 Å². The second-order valence-corrected chi connectivity index (χ2v) is 7.20. The molecule has 0 fully saturated rings. The van der Waals surface area contributed by atoms with Gasteiger partial charge in [-0.1, -0.05) is 54.6 Å². The van der Waals surface area contributed by atoms with Gasteiger partial charge in [0.2, 0.25) is 17.7 Å². The Labute approximate surface area is 176 Å². The highest BCUT2D eigenvalue weighted by Gasteiger charge is 2.26. The Kier molecular flexibility index (Phi) is 8.29. The van der Waals surface area contributed by atoms with Crippen molar-refractivity contribution < 1.29 is 19.2 Å². The summed E-state index contributed by atoms with van der Waals surface area (Å²) < 4.78 is 0. The highest BCUT2D eigenvalue weighted by Crippen LogP contribution is 2.16. The minimum absolute atomic E-state index is 0.171. The molecule has 2 rings (SSSR count). The van der Waals surface area contributed by atoms with E-state index in [2.05, 4.69) is 10.6 Å². The normalized spacial score (nSPS) is 12.5. The number of nitrogens with two attached hydrogens (primary N) is 1. The molecule has 0 aliphatic carbocycles. The Hall–Kier alpha value is -3.48. The largest absolute Gasteiger partial charge is 0.370 e. The smallest absolute Gasteiger partial charge is 0.247 e. The van der Waals surface area contributed by atoms with Gasteiger partial charge in [0, 0.05) is 13.3 Å². The van der Waals surface area contributed by atoms with E-state index in [4.69, 9.17) is 5.73 Å². The lowest BCUT2D eigenvalue weighted by molar-refractivity contribution is -0.130. The number of hydrogen-bond donors (Lipinski definition) is 3. The number of amides is 3. The van der Waals surface area contributed by atoms with E-state index in [1.165, 1.54) is 13.8 Å². The maximum absolute atomic E-state index is 12.9. The predicted octanol–water partition coefficient (Wildman–Crippen LogP) is 1.60. The van der Waals surface area contributed by atoms with E-state index in [0.717, 1.165) is 11.1 Å². The lowest BCUT2D eigenvalue weighted by Gasteiger charge is -2.22. The summed E-state index contributed by atoms with van der Waals surface area (Å²) in [6, 6.07) is 14.8. The molecule has 0 aliphatic rings. The number of ketones is 1. The Morgan fingerprint density at radius 1 is 0.867 bits per heavy atom. The van der Waals surface area contributed by atoms with Crippen LogP contribution in [0.2, 0.25) is 0 Å². The number of nitrogens with one attached hydrogen (secondary N) is 2. The van der Waals surface area contributed by atoms with Gasteiger partial charge in [0.05, 0.1) is 6.04 Å². The second-order valence-electron chi connectivity index (χ2n) is 7.20. The highest BCUT2D eigenvalue weighted by atomic mass is 16.2. The third kappa shape index (κ3) is 7.16. The fraction of sp³-hybridized carbons (Fsp3) is 0.304. The number of primary amides is 1. The molecule has 0 saturated carbocycles. The number of aryl methyl sites for hydroxylation is 1. The molecule has 158 valence electrons. The number of rotatable bonds is 10. The van der Waals surface area contributed by atoms with Crippen LogP contribution >= 0.6 is 0 Å². The van der Waals surface area contributed by atoms with Crippen LogP contribution in [0.3, 0.4) is 0 Å². The molecule has 2 unspecified atom stereocenters. The Bertz CT molecular complexity index is 894. The molecule has 4 N–H and O–H groups in total. The summed E-state index contributed by atoms with van der Waals surface area (Å²) >= 11 is 0. The summed E-state index contributed by atoms with van der Waals surface area (Å²) in [4.78, 5) is 47.7. The minimum atomic E-state index is -0.940. The lowest BCUT2D eigenvalue weighted by Crippen LogP contribution is -2.47. The SMILES string of the molecule is CC(=O)NC(C(=O)NC(Cc1ccccc1)C(C)=O)c1ccc(CCC(N)=O)cc1. The molecule has 2 aromatic carbocycles. The van der Waals surface area contributed by atoms with E-state index in [1.54, 1.807) is 24.3 Å². The van der Waals surface area contributed by atoms with Crippen molar-refractivity contribution >= 4 is 23.5 Å². The van der Waals surface area contributed by atoms with Crippen LogP contribution in [0.1, 0.15) is 43.0 Å². The van der Waals surface area contributed by atoms with Crippen LogP contribution in [0.25, 0.3) is 0 Å². The van der Waals surface area contributed by atoms with E-state index >= 15 is 0 Å². The zero-order valence-electron chi connectivity index (χ0n) is 17.2. The fourth-order valence-electron chi connectivity index (χ4n) is 3.05. The molecule has 0 bridgehead atoms. The van der Waals surface area contributed by atoms with Crippen LogP contribution in [0.4, 0.5) is 0 Å². The maximum atomic E-state index is 12.9. The first-order valence-electron chi connectivity index (χ1n) is 9.75. The molecular formula is C23H27N3O4. The standard InChI is InChI=1S/C23H27N3O4/c1-15(27)20(14-18-6-4-3-5-7-18)26-23(30)22(25-16(2)28)19-11-8-17(9-12-19)10-13-21(24)29/h3-9,11-12,20,22H,10,13-14H2,1-2H3,(H2,24,29)(H,25,28)(H,26,30). The van der Waals surface area contributed by atoms with Crippen LogP contribution in [-0.2, 0) is 32.0 Å². The van der Waals surface area contributed by atoms with Crippen molar-refractivity contribution in [1.29, 1.82) is 0 Å². The van der Waals surface area contributed by atoms with Crippen molar-refractivity contribution in [1.82, 2.24) is 10.6 Å². The Balaban J connectivity index is 2.16. The highest BCUT2D eigenvalue weighted by molar-refractivity contribution is 5.92. The predicted molar refractivity (Wildman–Crippen MR) is 113 cm³/mol. The van der Waals surface area contributed by atoms with Crippen LogP contribution in [0, 0.1) is 0 Å². The van der Waals surface area contributed by atoms with Crippen LogP contribution in [0.15, 0.2) is 54.6 Å². The van der Waals surface area contributed by atoms with Gasteiger partial charge in [-0.15, -0.1) is 0 Å². The van der Waals surface area contributed by atoms with Gasteiger partial charge >= 0.3 is 0 Å². The molecular weight excluding hydrogens is 382 g/mol. The number of carbonyl (C=O) groups is 4. The van der Waals surface area contributed by atoms with Gasteiger partial charge in [-0.2, -0.15) is 0 Å². The lowest BCUT2D eigenvalue weighted by atomic mass is 9.99. The number of benzene rings is 2. The van der Waals surface area contributed by atoms with Crippen molar-refractivity contribution in [2.24, 2.45) is 5.73 Å². The zero-order chi connectivity index (χ0) is 22.1. The summed E-state index contributed by atoms with van der Waals surface area (Å²) in [5.41, 5.74) is 7.57. The van der Waals surface area contributed by atoms with Gasteiger partial charge in [0.1, 0.15) is 6.04 Å². The first kappa shape index (κ1) is 22.8. The molecule has 0 heterocycles. The van der Waals surface area contributed by atoms with Gasteiger partial charge in [-0.25, -0.2) is 0 Å². The molecule has 0 spiro atoms. The van der Waals surface area contributed by atoms with Gasteiger partial charge in [-0.05, 0) is 36.5 Å². The van der Waals surface area contributed by atoms with Crippen molar-refractivity contribution in [2.75, 3.05) is 0 Å². The van der Waals surface area contributed by atoms with Crippen molar-refractivity contribution in [2.45, 2.75) is 45.2 Å². The van der Waals surface area contributed by atoms with Crippen LogP contribution < -0.4 is 16.4 Å². The van der Waals surface area contributed by atoms with E-state index < -0.39 is 18.0 Å². The zero-order valence-corrected chi connectivity index (χ0v) is 17.2. The van der Waals surface area contributed by atoms with Gasteiger partial charge in [0.25, 0.3) is 0 Å². The van der Waals surface area contributed by atoms with Crippen molar-refractivity contribution in [3.05, 3.63) is 71.3 Å². The second kappa shape index (κ2) is 10.9. The van der Waals surface area contributed by atoms with E-state index in [9.17, 15) is 19.2 Å². The van der Waals surface area contributed by atoms with Crippen molar-refractivity contribution in [3.63, 3.8) is 0 Å². The third-order valence-electron chi connectivity index (χ3n) is 4.67. The number of hydrogen-bond acceptors (Lipinski definition) is 4. The first-order valence-corrected chi connectivity index (χ1v) is 9.75. The third-order valence-corrected chi connectivity index (χ3v) is 4.67. The van der Waals surface area contributed by atoms with E-state index in [-0.39, 0.29) is 24.0 Å². The average Bonchev–Trinajstić information content (AvgIpc) is 2.71. The van der Waals surface area contributed by atoms with Crippen molar-refractivity contribution in [3.8, 4) is 0 Å². The number of Topliss-reactive ketones (excluding diaryl/α,β-unsaturated/α-hetero) is 1. The summed E-state index contributed by atoms with van der Waals surface area (Å²) in [6.45, 7) is 2.75. The molecule has 30 heavy (non-hydrogen) atoms. The van der Waals surface area contributed by atoms with E-state index in [0.29, 0.717) is 18.4 Å².